The van der Waals surface area contributed by atoms with Crippen molar-refractivity contribution in [1.29, 1.82) is 0 Å². The molecule has 1 aliphatic rings. The average molecular weight is 86.1 g/mol. The van der Waals surface area contributed by atoms with Crippen molar-refractivity contribution in [3.05, 3.63) is 5.21 Å². The van der Waals surface area contributed by atoms with Gasteiger partial charge in [0.1, 0.15) is 6.04 Å². The fraction of sp³-hybridized carbons (Fsp3) is 0.667. The summed E-state index contributed by atoms with van der Waals surface area (Å²) in [5.41, 5.74) is 5.17. The van der Waals surface area contributed by atoms with Crippen LogP contribution in [0.4, 0.5) is 0 Å². The largest absolute Gasteiger partial charge is 0.624 e. The van der Waals surface area contributed by atoms with Gasteiger partial charge in [0.25, 0.3) is 0 Å². The lowest BCUT2D eigenvalue weighted by Crippen LogP contribution is -2.43. The highest BCUT2D eigenvalue weighted by Crippen LogP contribution is 1.85. The normalized spacial score (nSPS) is 31.5. The van der Waals surface area contributed by atoms with Gasteiger partial charge in [-0.25, -0.2) is 4.74 Å². The molecule has 0 amide bonds. The van der Waals surface area contributed by atoms with Crippen LogP contribution >= 0.6 is 0 Å². The summed E-state index contributed by atoms with van der Waals surface area (Å²) < 4.78 is 0.824. The Hall–Kier alpha value is -0.570. The van der Waals surface area contributed by atoms with E-state index in [2.05, 4.69) is 0 Å². The van der Waals surface area contributed by atoms with Crippen LogP contribution in [-0.2, 0) is 0 Å². The first-order valence-electron chi connectivity index (χ1n) is 1.83. The molecule has 1 aliphatic heterocycles. The Morgan fingerprint density at radius 2 is 2.50 bits per heavy atom. The summed E-state index contributed by atoms with van der Waals surface area (Å²) in [6.45, 7) is 0.472. The molecule has 34 valence electrons. The van der Waals surface area contributed by atoms with Gasteiger partial charge in [-0.15, -0.1) is 0 Å². The SMILES string of the molecule is NC1C=[N+]([O-])C1. The predicted molar refractivity (Wildman–Crippen MR) is 22.5 cm³/mol. The summed E-state index contributed by atoms with van der Waals surface area (Å²) in [6, 6.07) is 0.0301. The van der Waals surface area contributed by atoms with Crippen LogP contribution in [0.2, 0.25) is 0 Å². The number of nitrogens with two attached hydrogens (primary N) is 1. The van der Waals surface area contributed by atoms with E-state index in [4.69, 9.17) is 5.73 Å². The van der Waals surface area contributed by atoms with E-state index in [-0.39, 0.29) is 6.04 Å². The van der Waals surface area contributed by atoms with E-state index in [9.17, 15) is 5.21 Å². The van der Waals surface area contributed by atoms with Gasteiger partial charge in [0, 0.05) is 0 Å². The lowest BCUT2D eigenvalue weighted by Gasteiger charge is -2.14. The maximum atomic E-state index is 9.89. The maximum Gasteiger partial charge on any atom is 0.177 e. The van der Waals surface area contributed by atoms with E-state index >= 15 is 0 Å². The molecule has 0 aromatic carbocycles. The molecular weight excluding hydrogens is 80.0 g/mol. The van der Waals surface area contributed by atoms with Gasteiger partial charge >= 0.3 is 0 Å². The first-order chi connectivity index (χ1) is 2.79. The number of hydroxylamine groups is 1. The summed E-state index contributed by atoms with van der Waals surface area (Å²) in [5, 5.41) is 9.89. The van der Waals surface area contributed by atoms with Gasteiger partial charge in [0.2, 0.25) is 0 Å². The molecule has 6 heavy (non-hydrogen) atoms. The molecule has 1 unspecified atom stereocenters. The van der Waals surface area contributed by atoms with Crippen molar-refractivity contribution < 1.29 is 4.74 Å². The number of rotatable bonds is 0. The van der Waals surface area contributed by atoms with Crippen LogP contribution in [0.15, 0.2) is 0 Å². The molecule has 1 heterocycles. The molecule has 0 saturated heterocycles. The van der Waals surface area contributed by atoms with Crippen molar-refractivity contribution in [2.24, 2.45) is 5.73 Å². The van der Waals surface area contributed by atoms with Gasteiger partial charge in [0.05, 0.1) is 0 Å². The highest BCUT2D eigenvalue weighted by molar-refractivity contribution is 5.62. The Morgan fingerprint density at radius 1 is 2.00 bits per heavy atom. The Balaban J connectivity index is 2.46. The molecule has 2 N–H and O–H groups in total. The molecule has 1 atom stereocenters. The third kappa shape index (κ3) is 0.367. The van der Waals surface area contributed by atoms with Gasteiger partial charge in [-0.05, 0) is 0 Å². The van der Waals surface area contributed by atoms with Crippen molar-refractivity contribution in [2.75, 3.05) is 6.54 Å². The zero-order valence-electron chi connectivity index (χ0n) is 3.29. The Labute approximate surface area is 35.7 Å². The first-order valence-corrected chi connectivity index (χ1v) is 1.83. The minimum atomic E-state index is 0.0301. The summed E-state index contributed by atoms with van der Waals surface area (Å²) in [7, 11) is 0. The summed E-state index contributed by atoms with van der Waals surface area (Å²) in [5.74, 6) is 0. The van der Waals surface area contributed by atoms with Crippen LogP contribution in [0.5, 0.6) is 0 Å². The predicted octanol–water partition coefficient (Wildman–Crippen LogP) is -1.09. The number of hydrogen-bond donors (Lipinski definition) is 1. The number of nitrogens with zero attached hydrogens (tertiary/aromatic N) is 1. The van der Waals surface area contributed by atoms with Crippen molar-refractivity contribution in [3.8, 4) is 0 Å². The summed E-state index contributed by atoms with van der Waals surface area (Å²) >= 11 is 0. The van der Waals surface area contributed by atoms with Crippen LogP contribution < -0.4 is 5.73 Å². The van der Waals surface area contributed by atoms with E-state index in [0.29, 0.717) is 6.54 Å². The van der Waals surface area contributed by atoms with Crippen molar-refractivity contribution in [3.63, 3.8) is 0 Å². The minimum Gasteiger partial charge on any atom is -0.624 e. The minimum absolute atomic E-state index is 0.0301. The molecule has 0 spiro atoms. The van der Waals surface area contributed by atoms with Gasteiger partial charge in [0.15, 0.2) is 12.8 Å². The third-order valence-corrected chi connectivity index (χ3v) is 0.749. The fourth-order valence-corrected chi connectivity index (χ4v) is 0.391. The van der Waals surface area contributed by atoms with Crippen LogP contribution in [-0.4, -0.2) is 23.5 Å². The second-order valence-corrected chi connectivity index (χ2v) is 1.41. The van der Waals surface area contributed by atoms with Gasteiger partial charge in [-0.3, -0.25) is 0 Å². The molecule has 0 saturated carbocycles. The molecule has 0 aromatic heterocycles. The maximum absolute atomic E-state index is 9.89. The van der Waals surface area contributed by atoms with Crippen LogP contribution in [0.3, 0.4) is 0 Å². The van der Waals surface area contributed by atoms with Gasteiger partial charge in [-0.2, -0.15) is 0 Å². The van der Waals surface area contributed by atoms with E-state index < -0.39 is 0 Å². The van der Waals surface area contributed by atoms with E-state index in [1.165, 1.54) is 6.21 Å². The lowest BCUT2D eigenvalue weighted by atomic mass is 10.3. The van der Waals surface area contributed by atoms with Gasteiger partial charge in [-0.1, -0.05) is 0 Å². The first kappa shape index (κ1) is 3.61. The fourth-order valence-electron chi connectivity index (χ4n) is 0.391. The smallest absolute Gasteiger partial charge is 0.177 e. The molecule has 3 nitrogen and oxygen atoms in total. The topological polar surface area (TPSA) is 52.1 Å². The quantitative estimate of drug-likeness (QED) is 0.301. The number of hydrogen-bond acceptors (Lipinski definition) is 2. The third-order valence-electron chi connectivity index (χ3n) is 0.749. The summed E-state index contributed by atoms with van der Waals surface area (Å²) in [6.07, 6.45) is 1.44. The molecule has 0 bridgehead atoms. The zero-order chi connectivity index (χ0) is 4.57. The molecule has 0 radical (unpaired) electrons. The highest BCUT2D eigenvalue weighted by Gasteiger charge is 2.16. The van der Waals surface area contributed by atoms with Crippen molar-refractivity contribution in [1.82, 2.24) is 0 Å². The van der Waals surface area contributed by atoms with Crippen LogP contribution in [0.1, 0.15) is 0 Å². The Morgan fingerprint density at radius 3 is 2.50 bits per heavy atom. The second-order valence-electron chi connectivity index (χ2n) is 1.41. The van der Waals surface area contributed by atoms with Crippen LogP contribution in [0.25, 0.3) is 0 Å². The monoisotopic (exact) mass is 86.0 g/mol. The van der Waals surface area contributed by atoms with Crippen LogP contribution in [0, 0.1) is 5.21 Å². The Bertz CT molecular complexity index is 88.8. The van der Waals surface area contributed by atoms with E-state index in [1.807, 2.05) is 0 Å². The van der Waals surface area contributed by atoms with Crippen molar-refractivity contribution >= 4 is 6.21 Å². The molecule has 0 aromatic rings. The average Bonchev–Trinajstić information content (AvgIpc) is 1.33. The van der Waals surface area contributed by atoms with Gasteiger partial charge < -0.3 is 10.9 Å². The zero-order valence-corrected chi connectivity index (χ0v) is 3.29. The molecule has 0 fully saturated rings. The molecular formula is C3H6N2O. The summed E-state index contributed by atoms with van der Waals surface area (Å²) in [4.78, 5) is 0. The molecule has 1 rings (SSSR count). The lowest BCUT2D eigenvalue weighted by molar-refractivity contribution is -0.481. The second kappa shape index (κ2) is 0.944. The highest BCUT2D eigenvalue weighted by atomic mass is 16.5. The standard InChI is InChI=1S/C3H6N2O/c4-3-1-5(6)2-3/h1,3H,2,4H2. The molecule has 0 aliphatic carbocycles. The molecule has 3 heteroatoms. The Kier molecular flexibility index (Phi) is 0.569. The van der Waals surface area contributed by atoms with Crippen molar-refractivity contribution in [2.45, 2.75) is 6.04 Å². The van der Waals surface area contributed by atoms with E-state index in [1.54, 1.807) is 0 Å². The van der Waals surface area contributed by atoms with E-state index in [0.717, 1.165) is 4.74 Å².